The summed E-state index contributed by atoms with van der Waals surface area (Å²) in [6.45, 7) is 4.64. The minimum absolute atomic E-state index is 0.388. The molecule has 4 nitrogen and oxygen atoms in total. The molecule has 0 spiro atoms. The van der Waals surface area contributed by atoms with Crippen LogP contribution >= 0.6 is 0 Å². The molecule has 0 radical (unpaired) electrons. The van der Waals surface area contributed by atoms with E-state index in [0.717, 1.165) is 39.2 Å². The number of nitrogens with zero attached hydrogens (tertiary/aromatic N) is 4. The molecule has 0 saturated heterocycles. The van der Waals surface area contributed by atoms with Crippen molar-refractivity contribution in [2.75, 3.05) is 0 Å². The van der Waals surface area contributed by atoms with Crippen molar-refractivity contribution in [2.45, 2.75) is 19.3 Å². The molecule has 57 heavy (non-hydrogen) atoms. The van der Waals surface area contributed by atoms with E-state index in [4.69, 9.17) is 9.97 Å². The molecule has 3 aromatic heterocycles. The highest BCUT2D eigenvalue weighted by Crippen LogP contribution is 2.52. The highest BCUT2D eigenvalue weighted by molar-refractivity contribution is 6.14. The molecule has 12 rings (SSSR count). The first-order chi connectivity index (χ1) is 28.0. The zero-order valence-corrected chi connectivity index (χ0v) is 31.6. The Labute approximate surface area is 329 Å². The fraction of sp³-hybridized carbons (Fsp3) is 0.0566. The molecular weight excluding hydrogens is 693 g/mol. The summed E-state index contributed by atoms with van der Waals surface area (Å²) >= 11 is 0. The fourth-order valence-corrected chi connectivity index (χ4v) is 9.53. The van der Waals surface area contributed by atoms with Gasteiger partial charge in [-0.05, 0) is 87.6 Å². The highest BCUT2D eigenvalue weighted by Gasteiger charge is 2.40. The first-order valence-corrected chi connectivity index (χ1v) is 19.7. The average Bonchev–Trinajstić information content (AvgIpc) is 3.85. The van der Waals surface area contributed by atoms with Crippen molar-refractivity contribution < 1.29 is 0 Å². The molecule has 11 aromatic rings. The predicted octanol–water partition coefficient (Wildman–Crippen LogP) is 13.5. The third-order valence-electron chi connectivity index (χ3n) is 12.3. The second kappa shape index (κ2) is 11.8. The number of para-hydroxylation sites is 3. The second-order valence-corrected chi connectivity index (χ2v) is 15.8. The van der Waals surface area contributed by atoms with Crippen molar-refractivity contribution in [1.29, 1.82) is 0 Å². The summed E-state index contributed by atoms with van der Waals surface area (Å²) < 4.78 is 4.66. The largest absolute Gasteiger partial charge is 0.309 e. The molecule has 1 aliphatic rings. The zero-order chi connectivity index (χ0) is 37.8. The SMILES string of the molecule is CC1(C)c2cc(-c3ccccc3)ccc2-c2c(-c3ccc4c(c3)c3ccccc3n4-c3ccccc3)nc(-n3c4ccccc4c4cc5ccccc5cc43)nc21. The summed E-state index contributed by atoms with van der Waals surface area (Å²) in [4.78, 5) is 11.3. The van der Waals surface area contributed by atoms with Crippen molar-refractivity contribution in [3.63, 3.8) is 0 Å². The van der Waals surface area contributed by atoms with Crippen LogP contribution in [0.1, 0.15) is 25.1 Å². The van der Waals surface area contributed by atoms with E-state index >= 15 is 0 Å². The molecule has 0 bridgehead atoms. The second-order valence-electron chi connectivity index (χ2n) is 15.8. The number of rotatable bonds is 4. The van der Waals surface area contributed by atoms with Gasteiger partial charge in [-0.15, -0.1) is 0 Å². The van der Waals surface area contributed by atoms with E-state index in [2.05, 4.69) is 205 Å². The summed E-state index contributed by atoms with van der Waals surface area (Å²) in [7, 11) is 0. The molecule has 4 heteroatoms. The smallest absolute Gasteiger partial charge is 0.235 e. The van der Waals surface area contributed by atoms with Crippen LogP contribution in [-0.2, 0) is 5.41 Å². The molecular formula is C53H36N4. The summed E-state index contributed by atoms with van der Waals surface area (Å²) in [5.74, 6) is 0.682. The van der Waals surface area contributed by atoms with Crippen LogP contribution in [-0.4, -0.2) is 19.1 Å². The molecule has 0 amide bonds. The van der Waals surface area contributed by atoms with Crippen molar-refractivity contribution in [2.24, 2.45) is 0 Å². The Balaban J connectivity index is 1.17. The van der Waals surface area contributed by atoms with Crippen LogP contribution in [0.5, 0.6) is 0 Å². The molecule has 0 N–H and O–H groups in total. The van der Waals surface area contributed by atoms with E-state index in [1.807, 2.05) is 0 Å². The van der Waals surface area contributed by atoms with Gasteiger partial charge in [-0.25, -0.2) is 9.97 Å². The molecule has 0 saturated carbocycles. The molecule has 0 atom stereocenters. The van der Waals surface area contributed by atoms with Crippen LogP contribution in [0.2, 0.25) is 0 Å². The van der Waals surface area contributed by atoms with Gasteiger partial charge in [-0.2, -0.15) is 0 Å². The fourth-order valence-electron chi connectivity index (χ4n) is 9.53. The van der Waals surface area contributed by atoms with Crippen LogP contribution in [0.25, 0.3) is 99.5 Å². The average molecular weight is 729 g/mol. The third-order valence-corrected chi connectivity index (χ3v) is 12.3. The minimum Gasteiger partial charge on any atom is -0.309 e. The summed E-state index contributed by atoms with van der Waals surface area (Å²) in [5.41, 5.74) is 14.3. The molecule has 1 aliphatic carbocycles. The molecule has 8 aromatic carbocycles. The standard InChI is InChI=1S/C53H36N4/c1-53(2)44-31-36(33-15-5-3-6-16-33)25-27-41(44)49-50(37-26-28-47-42(30-37)39-21-11-13-23-45(39)56(47)38-19-7-4-8-20-38)54-52(55-51(49)53)57-46-24-14-12-22-40(46)43-29-34-17-9-10-18-35(34)32-48(43)57/h3-32H,1-2H3. The van der Waals surface area contributed by atoms with Gasteiger partial charge in [0.2, 0.25) is 5.95 Å². The number of hydrogen-bond acceptors (Lipinski definition) is 2. The summed E-state index contributed by atoms with van der Waals surface area (Å²) in [6.07, 6.45) is 0. The predicted molar refractivity (Wildman–Crippen MR) is 237 cm³/mol. The Kier molecular flexibility index (Phi) is 6.65. The molecule has 0 aliphatic heterocycles. The van der Waals surface area contributed by atoms with Crippen molar-refractivity contribution in [3.05, 3.63) is 193 Å². The Morgan fingerprint density at radius 1 is 0.421 bits per heavy atom. The first-order valence-electron chi connectivity index (χ1n) is 19.7. The molecule has 3 heterocycles. The Morgan fingerprint density at radius 3 is 1.77 bits per heavy atom. The van der Waals surface area contributed by atoms with Crippen LogP contribution in [0.15, 0.2) is 182 Å². The Bertz CT molecular complexity index is 3420. The topological polar surface area (TPSA) is 35.6 Å². The van der Waals surface area contributed by atoms with Crippen LogP contribution in [0, 0.1) is 0 Å². The zero-order valence-electron chi connectivity index (χ0n) is 31.6. The van der Waals surface area contributed by atoms with E-state index in [9.17, 15) is 0 Å². The maximum atomic E-state index is 5.68. The summed E-state index contributed by atoms with van der Waals surface area (Å²) in [5, 5.41) is 7.20. The normalized spacial score (nSPS) is 13.2. The third kappa shape index (κ3) is 4.62. The van der Waals surface area contributed by atoms with E-state index in [0.29, 0.717) is 5.95 Å². The van der Waals surface area contributed by atoms with Gasteiger partial charge in [-0.1, -0.05) is 141 Å². The minimum atomic E-state index is -0.388. The monoisotopic (exact) mass is 728 g/mol. The first kappa shape index (κ1) is 32.0. The van der Waals surface area contributed by atoms with Crippen molar-refractivity contribution >= 4 is 54.4 Å². The summed E-state index contributed by atoms with van der Waals surface area (Å²) in [6, 6.07) is 65.8. The maximum Gasteiger partial charge on any atom is 0.235 e. The van der Waals surface area contributed by atoms with Crippen LogP contribution < -0.4 is 0 Å². The Hall–Kier alpha value is -7.30. The van der Waals surface area contributed by atoms with Gasteiger partial charge in [0.05, 0.1) is 33.5 Å². The lowest BCUT2D eigenvalue weighted by molar-refractivity contribution is 0.633. The van der Waals surface area contributed by atoms with Gasteiger partial charge in [0.15, 0.2) is 0 Å². The number of benzene rings is 8. The van der Waals surface area contributed by atoms with Crippen LogP contribution in [0.4, 0.5) is 0 Å². The van der Waals surface area contributed by atoms with Gasteiger partial charge < -0.3 is 4.57 Å². The van der Waals surface area contributed by atoms with Gasteiger partial charge >= 0.3 is 0 Å². The lowest BCUT2D eigenvalue weighted by Gasteiger charge is -2.22. The number of fused-ring (bicyclic) bond motifs is 10. The number of aromatic nitrogens is 4. The van der Waals surface area contributed by atoms with E-state index in [1.165, 1.54) is 65.6 Å². The van der Waals surface area contributed by atoms with E-state index in [-0.39, 0.29) is 5.41 Å². The molecule has 0 unspecified atom stereocenters. The van der Waals surface area contributed by atoms with E-state index in [1.54, 1.807) is 0 Å². The quantitative estimate of drug-likeness (QED) is 0.181. The van der Waals surface area contributed by atoms with Gasteiger partial charge in [0.1, 0.15) is 0 Å². The maximum absolute atomic E-state index is 5.68. The highest BCUT2D eigenvalue weighted by atomic mass is 15.2. The van der Waals surface area contributed by atoms with Crippen molar-refractivity contribution in [1.82, 2.24) is 19.1 Å². The Morgan fingerprint density at radius 2 is 1.02 bits per heavy atom. The van der Waals surface area contributed by atoms with Gasteiger partial charge in [0, 0.05) is 43.8 Å². The van der Waals surface area contributed by atoms with Crippen LogP contribution in [0.3, 0.4) is 0 Å². The van der Waals surface area contributed by atoms with Gasteiger partial charge in [-0.3, -0.25) is 4.57 Å². The van der Waals surface area contributed by atoms with Crippen molar-refractivity contribution in [3.8, 4) is 45.1 Å². The molecule has 0 fully saturated rings. The lowest BCUT2D eigenvalue weighted by atomic mass is 9.84. The van der Waals surface area contributed by atoms with Gasteiger partial charge in [0.25, 0.3) is 0 Å². The lowest BCUT2D eigenvalue weighted by Crippen LogP contribution is -2.19. The molecule has 268 valence electrons. The van der Waals surface area contributed by atoms with E-state index < -0.39 is 0 Å². The number of hydrogen-bond donors (Lipinski definition) is 0.